The van der Waals surface area contributed by atoms with Gasteiger partial charge >= 0.3 is 6.01 Å². The third-order valence-electron chi connectivity index (χ3n) is 9.66. The molecule has 3 aliphatic heterocycles. The zero-order valence-electron chi connectivity index (χ0n) is 26.2. The molecular weight excluding hydrogens is 643 g/mol. The quantitative estimate of drug-likeness (QED) is 0.225. The SMILES string of the molecule is Cn1ncc2cccc(-c3ncc4c(N5CCN(C(=O)/C(F)=C/c6nccs6)CC5)nc(OC[C@@]56CCCN5C[C@H](F)C6)nc4c3F)c21. The fourth-order valence-corrected chi connectivity index (χ4v) is 7.89. The van der Waals surface area contributed by atoms with E-state index in [1.165, 1.54) is 16.2 Å². The van der Waals surface area contributed by atoms with E-state index in [1.807, 2.05) is 17.0 Å². The Morgan fingerprint density at radius 2 is 2.00 bits per heavy atom. The highest BCUT2D eigenvalue weighted by atomic mass is 32.1. The minimum Gasteiger partial charge on any atom is -0.461 e. The number of fused-ring (bicyclic) bond motifs is 3. The van der Waals surface area contributed by atoms with Crippen molar-refractivity contribution >= 4 is 50.9 Å². The molecule has 3 aliphatic rings. The van der Waals surface area contributed by atoms with Crippen LogP contribution in [0.4, 0.5) is 19.0 Å². The standard InChI is InChI=1S/C33H32F3N9O2S/c1-42-29-20(16-39-42)4-2-5-22(29)27-26(36)28-23(17-38-27)30(41-32(40-28)47-19-33-6-3-8-45(33)18-21(34)15-33)43-9-11-44(12-10-43)31(46)24(35)14-25-37-7-13-48-25/h2,4-5,7,13-14,16-17,21H,3,6,8-12,15,18-19H2,1H3/b24-14-/t21-,33+/m1/s1. The van der Waals surface area contributed by atoms with Crippen molar-refractivity contribution in [3.63, 3.8) is 0 Å². The van der Waals surface area contributed by atoms with Gasteiger partial charge in [0.25, 0.3) is 5.91 Å². The topological polar surface area (TPSA) is 105 Å². The summed E-state index contributed by atoms with van der Waals surface area (Å²) < 4.78 is 53.8. The average Bonchev–Trinajstić information content (AvgIpc) is 3.89. The summed E-state index contributed by atoms with van der Waals surface area (Å²) in [5.74, 6) is -1.84. The van der Waals surface area contributed by atoms with Crippen LogP contribution < -0.4 is 9.64 Å². The molecule has 0 N–H and O–H groups in total. The van der Waals surface area contributed by atoms with Gasteiger partial charge in [0.2, 0.25) is 0 Å². The lowest BCUT2D eigenvalue weighted by Gasteiger charge is -2.35. The molecule has 1 amide bonds. The number of carbonyl (C=O) groups excluding carboxylic acids is 1. The van der Waals surface area contributed by atoms with Crippen LogP contribution in [0.1, 0.15) is 24.3 Å². The summed E-state index contributed by atoms with van der Waals surface area (Å²) in [5, 5.41) is 7.67. The number of para-hydroxylation sites is 1. The van der Waals surface area contributed by atoms with Gasteiger partial charge in [-0.1, -0.05) is 18.2 Å². The first-order valence-electron chi connectivity index (χ1n) is 15.9. The van der Waals surface area contributed by atoms with E-state index in [1.54, 1.807) is 41.8 Å². The number of benzene rings is 1. The molecule has 7 heterocycles. The summed E-state index contributed by atoms with van der Waals surface area (Å²) in [4.78, 5) is 36.2. The molecule has 48 heavy (non-hydrogen) atoms. The van der Waals surface area contributed by atoms with Crippen molar-refractivity contribution in [1.29, 1.82) is 0 Å². The Labute approximate surface area is 277 Å². The number of alkyl halides is 1. The van der Waals surface area contributed by atoms with Crippen LogP contribution in [0.25, 0.3) is 39.1 Å². The maximum atomic E-state index is 16.6. The van der Waals surface area contributed by atoms with Gasteiger partial charge in [-0.15, -0.1) is 11.3 Å². The Bertz CT molecular complexity index is 2050. The smallest absolute Gasteiger partial charge is 0.319 e. The van der Waals surface area contributed by atoms with Crippen LogP contribution in [-0.4, -0.2) is 103 Å². The summed E-state index contributed by atoms with van der Waals surface area (Å²) in [6.07, 6.45) is 7.15. The van der Waals surface area contributed by atoms with Gasteiger partial charge < -0.3 is 14.5 Å². The monoisotopic (exact) mass is 675 g/mol. The first-order valence-corrected chi connectivity index (χ1v) is 16.8. The first-order chi connectivity index (χ1) is 23.3. The Kier molecular flexibility index (Phi) is 7.74. The first kappa shape index (κ1) is 30.7. The molecule has 4 aromatic heterocycles. The van der Waals surface area contributed by atoms with Crippen LogP contribution in [0.2, 0.25) is 0 Å². The number of carbonyl (C=O) groups is 1. The number of hydrogen-bond donors (Lipinski definition) is 0. The van der Waals surface area contributed by atoms with Crippen LogP contribution in [0.3, 0.4) is 0 Å². The van der Waals surface area contributed by atoms with Crippen molar-refractivity contribution in [2.45, 2.75) is 31.0 Å². The number of rotatable bonds is 7. The summed E-state index contributed by atoms with van der Waals surface area (Å²) >= 11 is 1.24. The third-order valence-corrected chi connectivity index (χ3v) is 10.4. The van der Waals surface area contributed by atoms with E-state index in [-0.39, 0.29) is 36.9 Å². The molecule has 15 heteroatoms. The van der Waals surface area contributed by atoms with Gasteiger partial charge in [-0.05, 0) is 19.4 Å². The number of anilines is 1. The minimum atomic E-state index is -0.928. The lowest BCUT2D eigenvalue weighted by Crippen LogP contribution is -2.49. The predicted octanol–water partition coefficient (Wildman–Crippen LogP) is 4.79. The fourth-order valence-electron chi connectivity index (χ4n) is 7.34. The molecule has 0 bridgehead atoms. The summed E-state index contributed by atoms with van der Waals surface area (Å²) in [7, 11) is 1.79. The van der Waals surface area contributed by atoms with Gasteiger partial charge in [0, 0.05) is 81.0 Å². The molecule has 3 saturated heterocycles. The molecule has 0 saturated carbocycles. The number of halogens is 3. The molecular formula is C33H32F3N9O2S. The Morgan fingerprint density at radius 3 is 2.81 bits per heavy atom. The number of pyridine rings is 1. The number of ether oxygens (including phenoxy) is 1. The molecule has 1 aromatic carbocycles. The van der Waals surface area contributed by atoms with Crippen LogP contribution in [0.15, 0.2) is 48.0 Å². The van der Waals surface area contributed by atoms with E-state index in [9.17, 15) is 13.6 Å². The number of amides is 1. The summed E-state index contributed by atoms with van der Waals surface area (Å²) in [5.41, 5.74) is 0.993. The van der Waals surface area contributed by atoms with Crippen molar-refractivity contribution in [2.75, 3.05) is 50.8 Å². The van der Waals surface area contributed by atoms with E-state index in [2.05, 4.69) is 25.0 Å². The third kappa shape index (κ3) is 5.34. The molecule has 5 aromatic rings. The van der Waals surface area contributed by atoms with E-state index < -0.39 is 29.3 Å². The molecule has 0 radical (unpaired) electrons. The zero-order chi connectivity index (χ0) is 33.0. The molecule has 2 atom stereocenters. The van der Waals surface area contributed by atoms with E-state index in [0.29, 0.717) is 47.8 Å². The van der Waals surface area contributed by atoms with Crippen molar-refractivity contribution in [3.8, 4) is 17.3 Å². The van der Waals surface area contributed by atoms with E-state index in [4.69, 9.17) is 9.72 Å². The van der Waals surface area contributed by atoms with Crippen LogP contribution in [0, 0.1) is 5.82 Å². The Balaban J connectivity index is 1.14. The predicted molar refractivity (Wildman–Crippen MR) is 176 cm³/mol. The van der Waals surface area contributed by atoms with Crippen molar-refractivity contribution in [2.24, 2.45) is 7.05 Å². The fraction of sp³-hybridized carbons (Fsp3) is 0.394. The highest BCUT2D eigenvalue weighted by Crippen LogP contribution is 2.41. The second-order valence-corrected chi connectivity index (χ2v) is 13.5. The van der Waals surface area contributed by atoms with Crippen LogP contribution >= 0.6 is 11.3 Å². The number of aryl methyl sites for hydroxylation is 1. The molecule has 0 unspecified atom stereocenters. The van der Waals surface area contributed by atoms with Gasteiger partial charge in [-0.3, -0.25) is 19.4 Å². The number of piperazine rings is 1. The zero-order valence-corrected chi connectivity index (χ0v) is 27.0. The highest BCUT2D eigenvalue weighted by molar-refractivity contribution is 7.10. The highest BCUT2D eigenvalue weighted by Gasteiger charge is 2.49. The molecule has 11 nitrogen and oxygen atoms in total. The molecule has 8 rings (SSSR count). The summed E-state index contributed by atoms with van der Waals surface area (Å²) in [6, 6.07) is 5.50. The lowest BCUT2D eigenvalue weighted by atomic mass is 9.95. The van der Waals surface area contributed by atoms with Gasteiger partial charge in [0.15, 0.2) is 11.6 Å². The van der Waals surface area contributed by atoms with Crippen molar-refractivity contribution in [3.05, 3.63) is 58.8 Å². The van der Waals surface area contributed by atoms with Crippen LogP contribution in [-0.2, 0) is 11.8 Å². The number of hydrogen-bond acceptors (Lipinski definition) is 10. The molecule has 0 aliphatic carbocycles. The second-order valence-electron chi connectivity index (χ2n) is 12.5. The van der Waals surface area contributed by atoms with Gasteiger partial charge in [-0.2, -0.15) is 15.1 Å². The largest absolute Gasteiger partial charge is 0.461 e. The summed E-state index contributed by atoms with van der Waals surface area (Å²) in [6.45, 7) is 2.40. The average molecular weight is 676 g/mol. The maximum absolute atomic E-state index is 16.6. The van der Waals surface area contributed by atoms with Gasteiger partial charge in [0.05, 0.1) is 22.6 Å². The Hall–Kier alpha value is -4.63. The van der Waals surface area contributed by atoms with Gasteiger partial charge in [-0.25, -0.2) is 18.2 Å². The second kappa shape index (κ2) is 12.1. The Morgan fingerprint density at radius 1 is 1.15 bits per heavy atom. The van der Waals surface area contributed by atoms with Crippen LogP contribution in [0.5, 0.6) is 6.01 Å². The maximum Gasteiger partial charge on any atom is 0.319 e. The molecule has 248 valence electrons. The lowest BCUT2D eigenvalue weighted by molar-refractivity contribution is -0.128. The molecule has 0 spiro atoms. The van der Waals surface area contributed by atoms with Gasteiger partial charge in [0.1, 0.15) is 34.8 Å². The number of aromatic nitrogens is 6. The van der Waals surface area contributed by atoms with E-state index in [0.717, 1.165) is 36.4 Å². The van der Waals surface area contributed by atoms with Crippen molar-refractivity contribution in [1.82, 2.24) is 39.5 Å². The number of thiazole rings is 1. The number of nitrogens with zero attached hydrogens (tertiary/aromatic N) is 9. The normalized spacial score (nSPS) is 21.8. The van der Waals surface area contributed by atoms with E-state index >= 15 is 4.39 Å². The minimum absolute atomic E-state index is 0.0215. The molecule has 3 fully saturated rings. The van der Waals surface area contributed by atoms with Crippen molar-refractivity contribution < 1.29 is 22.7 Å².